The highest BCUT2D eigenvalue weighted by atomic mass is 19.2. The van der Waals surface area contributed by atoms with E-state index in [1.807, 2.05) is 20.8 Å². The first kappa shape index (κ1) is 14.4. The Morgan fingerprint density at radius 3 is 2.40 bits per heavy atom. The predicted molar refractivity (Wildman–Crippen MR) is 73.6 cm³/mol. The number of hydrogen-bond donors (Lipinski definition) is 1. The van der Waals surface area contributed by atoms with Gasteiger partial charge in [-0.2, -0.15) is 0 Å². The SMILES string of the molecule is Cc1ccc(-c2cc(=O)[nH]c(C(C)(C)C)n2)c(F)c1F. The van der Waals surface area contributed by atoms with Gasteiger partial charge >= 0.3 is 0 Å². The Kier molecular flexibility index (Phi) is 3.46. The van der Waals surface area contributed by atoms with Crippen molar-refractivity contribution in [2.24, 2.45) is 0 Å². The van der Waals surface area contributed by atoms with Crippen molar-refractivity contribution in [3.8, 4) is 11.3 Å². The van der Waals surface area contributed by atoms with Gasteiger partial charge in [0.15, 0.2) is 11.6 Å². The van der Waals surface area contributed by atoms with Crippen LogP contribution in [0.3, 0.4) is 0 Å². The number of benzene rings is 1. The summed E-state index contributed by atoms with van der Waals surface area (Å²) in [5.41, 5.74) is -0.443. The molecule has 1 aromatic heterocycles. The third-order valence-corrected chi connectivity index (χ3v) is 3.00. The van der Waals surface area contributed by atoms with Crippen LogP contribution in [-0.2, 0) is 5.41 Å². The molecule has 0 radical (unpaired) electrons. The van der Waals surface area contributed by atoms with Crippen LogP contribution in [0.2, 0.25) is 0 Å². The number of nitrogens with one attached hydrogen (secondary N) is 1. The van der Waals surface area contributed by atoms with Gasteiger partial charge in [0.2, 0.25) is 0 Å². The molecular formula is C15H16F2N2O. The molecule has 0 amide bonds. The zero-order chi connectivity index (χ0) is 15.1. The average Bonchev–Trinajstić information content (AvgIpc) is 2.34. The topological polar surface area (TPSA) is 45.8 Å². The van der Waals surface area contributed by atoms with Crippen LogP contribution in [0.1, 0.15) is 32.2 Å². The lowest BCUT2D eigenvalue weighted by molar-refractivity contribution is 0.504. The molecule has 5 heteroatoms. The van der Waals surface area contributed by atoms with E-state index in [9.17, 15) is 13.6 Å². The second-order valence-electron chi connectivity index (χ2n) is 5.79. The largest absolute Gasteiger partial charge is 0.310 e. The number of rotatable bonds is 1. The number of aromatic nitrogens is 2. The molecule has 0 saturated heterocycles. The first-order valence-electron chi connectivity index (χ1n) is 6.27. The molecule has 0 fully saturated rings. The zero-order valence-electron chi connectivity index (χ0n) is 11.8. The van der Waals surface area contributed by atoms with Gasteiger partial charge in [0, 0.05) is 17.0 Å². The molecule has 0 aliphatic rings. The number of aromatic amines is 1. The smallest absolute Gasteiger partial charge is 0.251 e. The minimum absolute atomic E-state index is 0.00954. The second-order valence-corrected chi connectivity index (χ2v) is 5.79. The van der Waals surface area contributed by atoms with Gasteiger partial charge in [-0.3, -0.25) is 4.79 Å². The van der Waals surface area contributed by atoms with Gasteiger partial charge in [-0.05, 0) is 18.6 Å². The number of H-pyrrole nitrogens is 1. The first-order valence-corrected chi connectivity index (χ1v) is 6.27. The normalized spacial score (nSPS) is 11.7. The van der Waals surface area contributed by atoms with Gasteiger partial charge in [-0.25, -0.2) is 13.8 Å². The van der Waals surface area contributed by atoms with Gasteiger partial charge in [0.05, 0.1) is 5.69 Å². The van der Waals surface area contributed by atoms with Gasteiger partial charge in [0.1, 0.15) is 5.82 Å². The van der Waals surface area contributed by atoms with Crippen molar-refractivity contribution in [2.75, 3.05) is 0 Å². The lowest BCUT2D eigenvalue weighted by Gasteiger charge is -2.17. The number of aryl methyl sites for hydroxylation is 1. The first-order chi connectivity index (χ1) is 9.20. The van der Waals surface area contributed by atoms with Gasteiger partial charge < -0.3 is 4.98 Å². The molecule has 106 valence electrons. The highest BCUT2D eigenvalue weighted by molar-refractivity contribution is 5.60. The van der Waals surface area contributed by atoms with E-state index in [1.54, 1.807) is 0 Å². The minimum atomic E-state index is -0.983. The van der Waals surface area contributed by atoms with Gasteiger partial charge in [-0.1, -0.05) is 26.8 Å². The Hall–Kier alpha value is -2.04. The van der Waals surface area contributed by atoms with Crippen molar-refractivity contribution >= 4 is 0 Å². The molecule has 2 rings (SSSR count). The van der Waals surface area contributed by atoms with Crippen LogP contribution in [0, 0.1) is 18.6 Å². The van der Waals surface area contributed by atoms with E-state index in [1.165, 1.54) is 25.1 Å². The molecule has 0 spiro atoms. The Morgan fingerprint density at radius 1 is 1.15 bits per heavy atom. The number of nitrogens with zero attached hydrogens (tertiary/aromatic N) is 1. The summed E-state index contributed by atoms with van der Waals surface area (Å²) in [4.78, 5) is 18.5. The molecule has 1 aromatic carbocycles. The van der Waals surface area contributed by atoms with Crippen molar-refractivity contribution in [3.05, 3.63) is 51.6 Å². The summed E-state index contributed by atoms with van der Waals surface area (Å²) < 4.78 is 27.6. The van der Waals surface area contributed by atoms with Crippen LogP contribution in [0.25, 0.3) is 11.3 Å². The lowest BCUT2D eigenvalue weighted by atomic mass is 9.95. The molecule has 0 saturated carbocycles. The minimum Gasteiger partial charge on any atom is -0.310 e. The summed E-state index contributed by atoms with van der Waals surface area (Å²) in [5, 5.41) is 0. The fraction of sp³-hybridized carbons (Fsp3) is 0.333. The molecule has 0 aliphatic carbocycles. The second kappa shape index (κ2) is 4.81. The van der Waals surface area contributed by atoms with Crippen molar-refractivity contribution in [2.45, 2.75) is 33.1 Å². The Balaban J connectivity index is 2.68. The fourth-order valence-electron chi connectivity index (χ4n) is 1.79. The average molecular weight is 278 g/mol. The van der Waals surface area contributed by atoms with Crippen LogP contribution in [-0.4, -0.2) is 9.97 Å². The molecular weight excluding hydrogens is 262 g/mol. The molecule has 0 aliphatic heterocycles. The third kappa shape index (κ3) is 2.61. The van der Waals surface area contributed by atoms with E-state index < -0.39 is 17.0 Å². The molecule has 20 heavy (non-hydrogen) atoms. The van der Waals surface area contributed by atoms with E-state index in [2.05, 4.69) is 9.97 Å². The summed E-state index contributed by atoms with van der Waals surface area (Å²) >= 11 is 0. The Morgan fingerprint density at radius 2 is 1.80 bits per heavy atom. The van der Waals surface area contributed by atoms with Crippen LogP contribution < -0.4 is 5.56 Å². The summed E-state index contributed by atoms with van der Waals surface area (Å²) in [6.07, 6.45) is 0. The van der Waals surface area contributed by atoms with E-state index in [0.29, 0.717) is 5.82 Å². The number of hydrogen-bond acceptors (Lipinski definition) is 2. The van der Waals surface area contributed by atoms with Gasteiger partial charge in [-0.15, -0.1) is 0 Å². The molecule has 0 unspecified atom stereocenters. The van der Waals surface area contributed by atoms with Crippen LogP contribution in [0.15, 0.2) is 23.0 Å². The van der Waals surface area contributed by atoms with E-state index in [-0.39, 0.29) is 22.4 Å². The van der Waals surface area contributed by atoms with Crippen LogP contribution >= 0.6 is 0 Å². The summed E-state index contributed by atoms with van der Waals surface area (Å²) in [5.74, 6) is -1.47. The summed E-state index contributed by atoms with van der Waals surface area (Å²) in [6, 6.07) is 4.07. The molecule has 1 N–H and O–H groups in total. The fourth-order valence-corrected chi connectivity index (χ4v) is 1.79. The van der Waals surface area contributed by atoms with Gasteiger partial charge in [0.25, 0.3) is 5.56 Å². The molecule has 0 atom stereocenters. The molecule has 2 aromatic rings. The van der Waals surface area contributed by atoms with Crippen molar-refractivity contribution in [1.82, 2.24) is 9.97 Å². The van der Waals surface area contributed by atoms with Crippen LogP contribution in [0.5, 0.6) is 0 Å². The maximum atomic E-state index is 14.0. The predicted octanol–water partition coefficient (Wildman–Crippen LogP) is 3.32. The monoisotopic (exact) mass is 278 g/mol. The Bertz CT molecular complexity index is 715. The maximum Gasteiger partial charge on any atom is 0.251 e. The lowest BCUT2D eigenvalue weighted by Crippen LogP contribution is -2.22. The van der Waals surface area contributed by atoms with E-state index in [4.69, 9.17) is 0 Å². The zero-order valence-corrected chi connectivity index (χ0v) is 11.8. The standard InChI is InChI=1S/C15H16F2N2O/c1-8-5-6-9(13(17)12(8)16)10-7-11(20)19-14(18-10)15(2,3)4/h5-7H,1-4H3,(H,18,19,20). The molecule has 3 nitrogen and oxygen atoms in total. The maximum absolute atomic E-state index is 14.0. The number of halogens is 2. The highest BCUT2D eigenvalue weighted by Gasteiger charge is 2.20. The van der Waals surface area contributed by atoms with Crippen LogP contribution in [0.4, 0.5) is 8.78 Å². The Labute approximate surface area is 115 Å². The summed E-state index contributed by atoms with van der Waals surface area (Å²) in [7, 11) is 0. The third-order valence-electron chi connectivity index (χ3n) is 3.00. The molecule has 1 heterocycles. The molecule has 0 bridgehead atoms. The highest BCUT2D eigenvalue weighted by Crippen LogP contribution is 2.25. The van der Waals surface area contributed by atoms with Crippen molar-refractivity contribution in [3.63, 3.8) is 0 Å². The summed E-state index contributed by atoms with van der Waals surface area (Å²) in [6.45, 7) is 7.11. The van der Waals surface area contributed by atoms with Crippen molar-refractivity contribution in [1.29, 1.82) is 0 Å². The van der Waals surface area contributed by atoms with Crippen molar-refractivity contribution < 1.29 is 8.78 Å². The van der Waals surface area contributed by atoms with E-state index >= 15 is 0 Å². The van der Waals surface area contributed by atoms with E-state index in [0.717, 1.165) is 0 Å². The quantitative estimate of drug-likeness (QED) is 0.869.